The summed E-state index contributed by atoms with van der Waals surface area (Å²) in [7, 11) is -14.1. The zero-order valence-corrected chi connectivity index (χ0v) is 30.7. The minimum atomic E-state index is -4.76. The number of benzene rings is 6. The van der Waals surface area contributed by atoms with E-state index in [0.717, 1.165) is 24.3 Å². The minimum absolute atomic E-state index is 0.000652. The van der Waals surface area contributed by atoms with Crippen molar-refractivity contribution in [2.45, 2.75) is 9.79 Å². The van der Waals surface area contributed by atoms with Crippen LogP contribution < -0.4 is 11.2 Å². The van der Waals surface area contributed by atoms with Crippen molar-refractivity contribution in [2.24, 2.45) is 25.6 Å². The number of anilines is 2. The second kappa shape index (κ2) is 14.3. The van der Waals surface area contributed by atoms with E-state index in [1.165, 1.54) is 66.7 Å². The Bertz CT molecular complexity index is 3110. The van der Waals surface area contributed by atoms with E-state index < -0.39 is 50.8 Å². The number of nitrogens with one attached hydrogen (secondary N) is 1. The Hall–Kier alpha value is -6.55. The molecule has 0 aromatic heterocycles. The fourth-order valence-electron chi connectivity index (χ4n) is 5.77. The second-order valence-corrected chi connectivity index (χ2v) is 16.3. The fourth-order valence-corrected chi connectivity index (χ4v) is 7.50. The van der Waals surface area contributed by atoms with Crippen LogP contribution in [-0.4, -0.2) is 50.4 Å². The third-order valence-corrected chi connectivity index (χ3v) is 11.0. The number of azo groups is 2. The van der Waals surface area contributed by atoms with Gasteiger partial charge >= 0.3 is 0 Å². The number of carbonyl (C=O) groups is 1. The maximum absolute atomic E-state index is 13.2. The predicted octanol–water partition coefficient (Wildman–Crippen LogP) is 7.79. The van der Waals surface area contributed by atoms with Crippen molar-refractivity contribution in [3.63, 3.8) is 0 Å². The SMILES string of the molecule is Nc1ccc(N=Nc2ccc(N=Nc3ccc(NN=C4C=C(S(=O)(=O)O)c5ccccc5C4=O)c4ccc(S(=O)(=O)O)cc34)c3ccc(S(=O)(=O)O)cc23)cc1. The highest BCUT2D eigenvalue weighted by atomic mass is 32.2. The molecule has 6 aromatic carbocycles. The molecule has 282 valence electrons. The highest BCUT2D eigenvalue weighted by Crippen LogP contribution is 2.39. The third-order valence-electron chi connectivity index (χ3n) is 8.45. The summed E-state index contributed by atoms with van der Waals surface area (Å²) in [4.78, 5) is 11.8. The Morgan fingerprint density at radius 3 is 1.64 bits per heavy atom. The summed E-state index contributed by atoms with van der Waals surface area (Å²) >= 11 is 0. The summed E-state index contributed by atoms with van der Waals surface area (Å²) in [5, 5.41) is 22.2. The Morgan fingerprint density at radius 1 is 0.536 bits per heavy atom. The number of Topliss-reactive ketones (excluding diaryl/α,β-unsaturated/α-hetero) is 1. The van der Waals surface area contributed by atoms with E-state index in [1.54, 1.807) is 24.3 Å². The number of nitrogen functional groups attached to an aromatic ring is 1. The number of hydrogen-bond acceptors (Lipinski definition) is 14. The molecule has 0 aliphatic heterocycles. The number of nitrogens with two attached hydrogens (primary N) is 1. The Labute approximate surface area is 317 Å². The van der Waals surface area contributed by atoms with Crippen LogP contribution in [0.3, 0.4) is 0 Å². The minimum Gasteiger partial charge on any atom is -0.399 e. The predicted molar refractivity (Wildman–Crippen MR) is 208 cm³/mol. The largest absolute Gasteiger partial charge is 0.399 e. The molecule has 1 aliphatic carbocycles. The molecule has 0 bridgehead atoms. The number of fused-ring (bicyclic) bond motifs is 3. The third kappa shape index (κ3) is 7.68. The normalized spacial score (nSPS) is 14.5. The summed E-state index contributed by atoms with van der Waals surface area (Å²) in [6.07, 6.45) is 0.919. The molecule has 6 aromatic rings. The fraction of sp³-hybridized carbons (Fsp3) is 0. The number of nitrogens with zero attached hydrogens (tertiary/aromatic N) is 5. The van der Waals surface area contributed by atoms with Gasteiger partial charge in [-0.2, -0.15) is 35.5 Å². The van der Waals surface area contributed by atoms with Crippen LogP contribution in [0.15, 0.2) is 151 Å². The van der Waals surface area contributed by atoms with Gasteiger partial charge in [-0.15, -0.1) is 15.3 Å². The van der Waals surface area contributed by atoms with Gasteiger partial charge < -0.3 is 5.73 Å². The number of hydrogen-bond donors (Lipinski definition) is 5. The molecule has 0 amide bonds. The van der Waals surface area contributed by atoms with Crippen molar-refractivity contribution in [3.05, 3.63) is 126 Å². The molecule has 56 heavy (non-hydrogen) atoms. The van der Waals surface area contributed by atoms with Crippen LogP contribution in [0.2, 0.25) is 0 Å². The number of hydrazone groups is 1. The number of ketones is 1. The standard InChI is InChI=1S/C36H25N7O10S3/c37-20-5-7-21(8-6-20)38-39-32-15-13-30(24-11-9-22(17-28(24)32)54(45,46)47)40-42-33-16-14-31(25-12-10-23(18-29(25)33)55(48,49)50)41-43-34-19-35(56(51,52)53)26-3-1-2-4-27(26)36(34)44/h1-19,41H,37H2,(H,45,46,47)(H,48,49,50)(H,51,52,53). The first kappa shape index (κ1) is 37.8. The quantitative estimate of drug-likeness (QED) is 0.0405. The summed E-state index contributed by atoms with van der Waals surface area (Å²) in [5.41, 5.74) is 9.75. The van der Waals surface area contributed by atoms with Crippen molar-refractivity contribution in [1.82, 2.24) is 0 Å². The molecule has 20 heteroatoms. The molecule has 0 saturated carbocycles. The van der Waals surface area contributed by atoms with Crippen LogP contribution in [-0.2, 0) is 30.4 Å². The Kier molecular flexibility index (Phi) is 9.62. The van der Waals surface area contributed by atoms with Gasteiger partial charge in [0.25, 0.3) is 30.4 Å². The first-order valence-corrected chi connectivity index (χ1v) is 20.2. The highest BCUT2D eigenvalue weighted by molar-refractivity contribution is 7.95. The first-order chi connectivity index (χ1) is 26.5. The van der Waals surface area contributed by atoms with E-state index in [9.17, 15) is 43.7 Å². The van der Waals surface area contributed by atoms with Gasteiger partial charge in [0.1, 0.15) is 10.6 Å². The van der Waals surface area contributed by atoms with Crippen LogP contribution in [0.5, 0.6) is 0 Å². The van der Waals surface area contributed by atoms with E-state index >= 15 is 0 Å². The molecular formula is C36H25N7O10S3. The smallest absolute Gasteiger partial charge is 0.295 e. The monoisotopic (exact) mass is 811 g/mol. The van der Waals surface area contributed by atoms with Crippen molar-refractivity contribution in [2.75, 3.05) is 11.2 Å². The summed E-state index contributed by atoms with van der Waals surface area (Å²) in [6, 6.07) is 25.5. The number of carbonyl (C=O) groups excluding carboxylic acids is 1. The topological polar surface area (TPSA) is 280 Å². The second-order valence-electron chi connectivity index (χ2n) is 12.1. The van der Waals surface area contributed by atoms with E-state index in [4.69, 9.17) is 5.73 Å². The van der Waals surface area contributed by atoms with E-state index in [-0.39, 0.29) is 55.7 Å². The molecule has 0 unspecified atom stereocenters. The van der Waals surface area contributed by atoms with Crippen LogP contribution in [0.1, 0.15) is 15.9 Å². The highest BCUT2D eigenvalue weighted by Gasteiger charge is 2.30. The molecular weight excluding hydrogens is 787 g/mol. The average Bonchev–Trinajstić information content (AvgIpc) is 3.15. The lowest BCUT2D eigenvalue weighted by molar-refractivity contribution is 0.106. The van der Waals surface area contributed by atoms with E-state index in [2.05, 4.69) is 31.0 Å². The van der Waals surface area contributed by atoms with Gasteiger partial charge in [-0.3, -0.25) is 23.9 Å². The maximum atomic E-state index is 13.2. The molecule has 7 rings (SSSR count). The van der Waals surface area contributed by atoms with Gasteiger partial charge in [-0.1, -0.05) is 36.4 Å². The number of rotatable bonds is 9. The van der Waals surface area contributed by atoms with Gasteiger partial charge in [-0.25, -0.2) is 0 Å². The van der Waals surface area contributed by atoms with Crippen LogP contribution >= 0.6 is 0 Å². The maximum Gasteiger partial charge on any atom is 0.295 e. The van der Waals surface area contributed by atoms with Crippen LogP contribution in [0.4, 0.5) is 34.1 Å². The first-order valence-electron chi connectivity index (χ1n) is 15.9. The molecule has 6 N–H and O–H groups in total. The summed E-state index contributed by atoms with van der Waals surface area (Å²) in [5.74, 6) is -0.641. The van der Waals surface area contributed by atoms with Gasteiger partial charge in [0, 0.05) is 38.4 Å². The van der Waals surface area contributed by atoms with E-state index in [1.807, 2.05) is 0 Å². The summed E-state index contributed by atoms with van der Waals surface area (Å²) < 4.78 is 102. The van der Waals surface area contributed by atoms with Gasteiger partial charge in [0.15, 0.2) is 0 Å². The lowest BCUT2D eigenvalue weighted by Gasteiger charge is -2.16. The molecule has 0 radical (unpaired) electrons. The van der Waals surface area contributed by atoms with Crippen molar-refractivity contribution < 1.29 is 43.7 Å². The Morgan fingerprint density at radius 2 is 1.05 bits per heavy atom. The average molecular weight is 812 g/mol. The Balaban J connectivity index is 1.31. The molecule has 1 aliphatic rings. The zero-order valence-electron chi connectivity index (χ0n) is 28.2. The molecule has 0 spiro atoms. The number of allylic oxidation sites excluding steroid dienone is 1. The summed E-state index contributed by atoms with van der Waals surface area (Å²) in [6.45, 7) is 0. The molecule has 0 fully saturated rings. The van der Waals surface area contributed by atoms with Gasteiger partial charge in [-0.05, 0) is 78.9 Å². The van der Waals surface area contributed by atoms with Gasteiger partial charge in [0.05, 0.1) is 38.2 Å². The van der Waals surface area contributed by atoms with Crippen molar-refractivity contribution >= 4 is 102 Å². The molecule has 0 atom stereocenters. The van der Waals surface area contributed by atoms with Crippen LogP contribution in [0, 0.1) is 0 Å². The van der Waals surface area contributed by atoms with Crippen LogP contribution in [0.25, 0.3) is 26.5 Å². The van der Waals surface area contributed by atoms with Crippen molar-refractivity contribution in [1.29, 1.82) is 0 Å². The molecule has 0 saturated heterocycles. The van der Waals surface area contributed by atoms with Gasteiger partial charge in [0.2, 0.25) is 5.78 Å². The lowest BCUT2D eigenvalue weighted by atomic mass is 9.95. The van der Waals surface area contributed by atoms with Crippen molar-refractivity contribution in [3.8, 4) is 0 Å². The van der Waals surface area contributed by atoms with E-state index in [0.29, 0.717) is 16.8 Å². The lowest BCUT2D eigenvalue weighted by Crippen LogP contribution is -2.22. The molecule has 0 heterocycles. The molecule has 17 nitrogen and oxygen atoms in total. The zero-order chi connectivity index (χ0) is 40.0.